The Hall–Kier alpha value is -7.02. The number of ketones is 1. The molecule has 0 saturated heterocycles. The van der Waals surface area contributed by atoms with Crippen LogP contribution in [0.4, 0.5) is 92.2 Å². The molecule has 6 aromatic rings. The molecule has 6 rings (SSSR count). The minimum atomic E-state index is -7.22. The second kappa shape index (κ2) is 18.6. The summed E-state index contributed by atoms with van der Waals surface area (Å²) < 4.78 is 312. The van der Waals surface area contributed by atoms with Crippen molar-refractivity contribution < 1.29 is 111 Å². The summed E-state index contributed by atoms with van der Waals surface area (Å²) in [7, 11) is 0. The van der Waals surface area contributed by atoms with E-state index in [9.17, 15) is 66.7 Å². The number of alkyl halides is 1. The molecule has 26 heteroatoms. The zero-order valence-corrected chi connectivity index (χ0v) is 30.8. The van der Waals surface area contributed by atoms with Crippen LogP contribution in [0.25, 0.3) is 0 Å². The standard InChI is InChI=1S/C24BF20.C15H13FNO3/c26-5-1(6(27)14(35)21(42)13(5)34)25(2-7(28)15(36)22(43)16(37)8(2)29,3-9(30)17(38)23(44)18(39)10(3)31)4-11(32)19(40)24(45)20(41)12(4)33;16-11-20-15(19)13-6-8-17(9-7-13)10-14(18)12-4-2-1-3-5-12/h;1-9H,10-11H2/q-1;+1. The molecule has 5 aromatic carbocycles. The first kappa shape index (κ1) is 49.0. The van der Waals surface area contributed by atoms with E-state index in [1.165, 1.54) is 12.1 Å². The third-order valence-corrected chi connectivity index (χ3v) is 9.44. The number of Topliss-reactive ketones (excluding diaryl/α,β-unsaturated/α-hetero) is 1. The maximum Gasteiger partial charge on any atom is 0.340 e. The summed E-state index contributed by atoms with van der Waals surface area (Å²) >= 11 is 0. The van der Waals surface area contributed by atoms with Gasteiger partial charge in [-0.3, -0.25) is 4.79 Å². The van der Waals surface area contributed by atoms with Gasteiger partial charge in [-0.05, 0) is 0 Å². The van der Waals surface area contributed by atoms with Crippen LogP contribution in [0.3, 0.4) is 0 Å². The number of pyridine rings is 1. The van der Waals surface area contributed by atoms with Crippen LogP contribution in [-0.4, -0.2) is 24.8 Å². The number of nitrogens with zero attached hydrogens (tertiary/aromatic N) is 1. The number of carbonyl (C=O) groups excluding carboxylic acids is 2. The zero-order valence-electron chi connectivity index (χ0n) is 30.8. The number of hydrogen-bond acceptors (Lipinski definition) is 3. The van der Waals surface area contributed by atoms with Crippen molar-refractivity contribution in [2.24, 2.45) is 0 Å². The summed E-state index contributed by atoms with van der Waals surface area (Å²) in [4.78, 5) is 23.2. The van der Waals surface area contributed by atoms with Gasteiger partial charge < -0.3 is 4.74 Å². The first-order valence-electron chi connectivity index (χ1n) is 16.9. The summed E-state index contributed by atoms with van der Waals surface area (Å²) in [5.74, 6) is -72.2. The highest BCUT2D eigenvalue weighted by molar-refractivity contribution is 7.20. The van der Waals surface area contributed by atoms with Gasteiger partial charge in [-0.2, -0.15) is 4.57 Å². The van der Waals surface area contributed by atoms with Gasteiger partial charge in [-0.15, -0.1) is 21.9 Å². The smallest absolute Gasteiger partial charge is 0.340 e. The maximum absolute atomic E-state index is 15.4. The van der Waals surface area contributed by atoms with Gasteiger partial charge in [0.2, 0.25) is 19.2 Å². The average molecular weight is 953 g/mol. The van der Waals surface area contributed by atoms with E-state index in [0.29, 0.717) is 5.56 Å². The Morgan fingerprint density at radius 2 is 0.646 bits per heavy atom. The highest BCUT2D eigenvalue weighted by Crippen LogP contribution is 2.30. The monoisotopic (exact) mass is 953 g/mol. The van der Waals surface area contributed by atoms with Gasteiger partial charge in [-0.25, -0.2) is 97.0 Å². The van der Waals surface area contributed by atoms with E-state index in [2.05, 4.69) is 4.74 Å². The third-order valence-electron chi connectivity index (χ3n) is 9.44. The normalized spacial score (nSPS) is 11.4. The fourth-order valence-corrected chi connectivity index (χ4v) is 6.59. The molecule has 1 heterocycles. The largest absolute Gasteiger partial charge is 0.430 e. The number of carbonyl (C=O) groups is 2. The summed E-state index contributed by atoms with van der Waals surface area (Å²) in [6.45, 7) is -0.983. The van der Waals surface area contributed by atoms with Gasteiger partial charge in [0.1, 0.15) is 52.7 Å². The predicted molar refractivity (Wildman–Crippen MR) is 178 cm³/mol. The molecular weight excluding hydrogens is 940 g/mol. The molecule has 0 fully saturated rings. The lowest BCUT2D eigenvalue weighted by atomic mass is 9.12. The van der Waals surface area contributed by atoms with Crippen LogP contribution in [0.1, 0.15) is 20.7 Å². The molecule has 0 aliphatic rings. The first-order valence-corrected chi connectivity index (χ1v) is 16.9. The van der Waals surface area contributed by atoms with Gasteiger partial charge in [-0.1, -0.05) is 30.3 Å². The summed E-state index contributed by atoms with van der Waals surface area (Å²) in [5.41, 5.74) is -13.5. The van der Waals surface area contributed by atoms with Crippen molar-refractivity contribution in [1.82, 2.24) is 0 Å². The summed E-state index contributed by atoms with van der Waals surface area (Å²) in [6.07, 6.45) is -4.06. The van der Waals surface area contributed by atoms with Gasteiger partial charge >= 0.3 is 5.97 Å². The number of halogens is 21. The molecule has 0 radical (unpaired) electrons. The highest BCUT2D eigenvalue weighted by Gasteiger charge is 2.52. The molecule has 4 nitrogen and oxygen atoms in total. The van der Waals surface area contributed by atoms with Crippen molar-refractivity contribution in [1.29, 1.82) is 0 Å². The van der Waals surface area contributed by atoms with Crippen LogP contribution in [-0.2, 0) is 11.3 Å². The molecule has 65 heavy (non-hydrogen) atoms. The number of ether oxygens (including phenoxy) is 1. The molecule has 0 amide bonds. The topological polar surface area (TPSA) is 47.2 Å². The lowest BCUT2D eigenvalue weighted by Gasteiger charge is -2.44. The van der Waals surface area contributed by atoms with E-state index >= 15 is 35.1 Å². The van der Waals surface area contributed by atoms with Gasteiger partial charge in [0.05, 0.1) is 5.56 Å². The Kier molecular flexibility index (Phi) is 14.0. The van der Waals surface area contributed by atoms with E-state index in [0.717, 1.165) is 0 Å². The van der Waals surface area contributed by atoms with E-state index in [1.807, 2.05) is 6.07 Å². The molecule has 0 aliphatic heterocycles. The molecule has 0 N–H and O–H groups in total. The van der Waals surface area contributed by atoms with Crippen LogP contribution in [0.15, 0.2) is 54.9 Å². The highest BCUT2D eigenvalue weighted by atomic mass is 19.2. The van der Waals surface area contributed by atoms with E-state index in [1.54, 1.807) is 41.2 Å². The van der Waals surface area contributed by atoms with Crippen LogP contribution < -0.4 is 26.4 Å². The Morgan fingerprint density at radius 3 is 0.908 bits per heavy atom. The van der Waals surface area contributed by atoms with E-state index < -0.39 is 157 Å². The van der Waals surface area contributed by atoms with Gasteiger partial charge in [0.25, 0.3) is 0 Å². The van der Waals surface area contributed by atoms with Gasteiger partial charge in [0.15, 0.2) is 82.2 Å². The van der Waals surface area contributed by atoms with Crippen LogP contribution in [0.5, 0.6) is 0 Å². The molecule has 0 unspecified atom stereocenters. The van der Waals surface area contributed by atoms with Crippen LogP contribution in [0.2, 0.25) is 0 Å². The van der Waals surface area contributed by atoms with Crippen molar-refractivity contribution in [3.63, 3.8) is 0 Å². The molecule has 0 saturated carbocycles. The molecule has 1 aromatic heterocycles. The SMILES string of the molecule is Fc1c(F)c(F)c([B-](c2c(F)c(F)c(F)c(F)c2F)(c2c(F)c(F)c(F)c(F)c2F)c2c(F)c(F)c(F)c(F)c2F)c(F)c1F.O=C(C[n+]1ccc(C(=O)OCF)cc1)c1ccccc1. The molecular formula is C39H13BF21NO3. The maximum atomic E-state index is 15.4. The van der Waals surface area contributed by atoms with Crippen molar-refractivity contribution in [2.45, 2.75) is 6.54 Å². The number of hydrogen-bond donors (Lipinski definition) is 0. The minimum absolute atomic E-state index is 0.0327. The Morgan fingerprint density at radius 1 is 0.385 bits per heavy atom. The number of benzene rings is 5. The fourth-order valence-electron chi connectivity index (χ4n) is 6.59. The third kappa shape index (κ3) is 8.08. The molecule has 0 atom stereocenters. The molecule has 0 bridgehead atoms. The zero-order chi connectivity index (χ0) is 48.7. The Labute approximate surface area is 346 Å². The van der Waals surface area contributed by atoms with Crippen molar-refractivity contribution in [3.8, 4) is 0 Å². The molecule has 0 aliphatic carbocycles. The van der Waals surface area contributed by atoms with E-state index in [-0.39, 0.29) is 17.9 Å². The van der Waals surface area contributed by atoms with Gasteiger partial charge in [0, 0.05) is 17.7 Å². The molecule has 0 spiro atoms. The second-order valence-corrected chi connectivity index (χ2v) is 12.9. The summed E-state index contributed by atoms with van der Waals surface area (Å²) in [5, 5.41) is 0. The quantitative estimate of drug-likeness (QED) is 0.0283. The number of aromatic nitrogens is 1. The second-order valence-electron chi connectivity index (χ2n) is 12.9. The lowest BCUT2D eigenvalue weighted by molar-refractivity contribution is -0.683. The minimum Gasteiger partial charge on any atom is -0.430 e. The Balaban J connectivity index is 0.000000330. The van der Waals surface area contributed by atoms with Crippen LogP contribution in [0, 0.1) is 116 Å². The Bertz CT molecular complexity index is 2520. The van der Waals surface area contributed by atoms with Crippen molar-refractivity contribution in [3.05, 3.63) is 182 Å². The van der Waals surface area contributed by atoms with Crippen molar-refractivity contribution >= 4 is 39.7 Å². The fraction of sp³-hybridized carbons (Fsp3) is 0.0513. The van der Waals surface area contributed by atoms with E-state index in [4.69, 9.17) is 0 Å². The average Bonchev–Trinajstić information content (AvgIpc) is 3.29. The first-order chi connectivity index (χ1) is 30.4. The number of esters is 1. The predicted octanol–water partition coefficient (Wildman–Crippen LogP) is 7.79. The summed E-state index contributed by atoms with van der Waals surface area (Å²) in [6, 6.07) is 11.9. The van der Waals surface area contributed by atoms with Crippen molar-refractivity contribution in [2.75, 3.05) is 6.86 Å². The number of rotatable bonds is 9. The lowest BCUT2D eigenvalue weighted by Crippen LogP contribution is -2.81. The van der Waals surface area contributed by atoms with Crippen LogP contribution >= 0.6 is 0 Å². The molecule has 342 valence electrons.